The number of methoxy groups -OCH3 is 1. The van der Waals surface area contributed by atoms with Crippen LogP contribution in [0.1, 0.15) is 31.9 Å². The van der Waals surface area contributed by atoms with Crippen LogP contribution < -0.4 is 25.2 Å². The molecule has 1 aliphatic heterocycles. The molecule has 11 nitrogen and oxygen atoms in total. The number of rotatable bonds is 6. The third kappa shape index (κ3) is 6.24. The number of anilines is 3. The number of carbonyl (C=O) groups excluding carboxylic acids is 1. The molecule has 0 unspecified atom stereocenters. The van der Waals surface area contributed by atoms with Crippen molar-refractivity contribution in [1.29, 1.82) is 0 Å². The van der Waals surface area contributed by atoms with Crippen molar-refractivity contribution in [3.05, 3.63) is 70.1 Å². The number of benzene rings is 2. The SMILES string of the molecule is COc1cc(N2CCN(C(=O)OC(C)(C)C)CC2)ccc1Nc1nc(Oc2cccc(C)c2C)cc2cn[nH]c(=O)c12. The molecule has 4 aromatic rings. The maximum Gasteiger partial charge on any atom is 0.410 e. The fourth-order valence-electron chi connectivity index (χ4n) is 4.77. The zero-order valence-corrected chi connectivity index (χ0v) is 24.8. The number of aromatic amines is 1. The van der Waals surface area contributed by atoms with Crippen molar-refractivity contribution in [2.45, 2.75) is 40.2 Å². The van der Waals surface area contributed by atoms with Gasteiger partial charge in [-0.1, -0.05) is 12.1 Å². The molecule has 1 aliphatic rings. The number of aryl methyl sites for hydroxylation is 1. The summed E-state index contributed by atoms with van der Waals surface area (Å²) in [4.78, 5) is 33.9. The lowest BCUT2D eigenvalue weighted by Gasteiger charge is -2.37. The van der Waals surface area contributed by atoms with Crippen LogP contribution in [0, 0.1) is 13.8 Å². The molecule has 1 amide bonds. The average molecular weight is 573 g/mol. The van der Waals surface area contributed by atoms with E-state index in [1.807, 2.05) is 71.0 Å². The Labute approximate surface area is 244 Å². The largest absolute Gasteiger partial charge is 0.494 e. The molecule has 0 aliphatic carbocycles. The summed E-state index contributed by atoms with van der Waals surface area (Å²) in [6.45, 7) is 12.0. The van der Waals surface area contributed by atoms with Gasteiger partial charge in [0.25, 0.3) is 5.56 Å². The van der Waals surface area contributed by atoms with Crippen LogP contribution in [0.3, 0.4) is 0 Å². The summed E-state index contributed by atoms with van der Waals surface area (Å²) < 4.78 is 17.4. The topological polar surface area (TPSA) is 122 Å². The van der Waals surface area contributed by atoms with Crippen LogP contribution in [0.4, 0.5) is 22.0 Å². The minimum Gasteiger partial charge on any atom is -0.494 e. The normalized spacial score (nSPS) is 13.7. The van der Waals surface area contributed by atoms with Gasteiger partial charge >= 0.3 is 6.09 Å². The number of hydrogen-bond donors (Lipinski definition) is 2. The summed E-state index contributed by atoms with van der Waals surface area (Å²) in [5.41, 5.74) is 2.77. The zero-order valence-electron chi connectivity index (χ0n) is 24.8. The first-order chi connectivity index (χ1) is 20.0. The van der Waals surface area contributed by atoms with E-state index in [9.17, 15) is 9.59 Å². The molecule has 1 saturated heterocycles. The Morgan fingerprint density at radius 1 is 1.02 bits per heavy atom. The minimum absolute atomic E-state index is 0.298. The van der Waals surface area contributed by atoms with E-state index in [0.717, 1.165) is 16.8 Å². The van der Waals surface area contributed by atoms with E-state index >= 15 is 0 Å². The summed E-state index contributed by atoms with van der Waals surface area (Å²) in [6.07, 6.45) is 1.27. The number of nitrogens with one attached hydrogen (secondary N) is 2. The van der Waals surface area contributed by atoms with Crippen molar-refractivity contribution >= 4 is 34.1 Å². The van der Waals surface area contributed by atoms with Crippen LogP contribution in [0.5, 0.6) is 17.4 Å². The second kappa shape index (κ2) is 11.6. The predicted molar refractivity (Wildman–Crippen MR) is 162 cm³/mol. The third-order valence-corrected chi connectivity index (χ3v) is 7.13. The Morgan fingerprint density at radius 2 is 1.79 bits per heavy atom. The lowest BCUT2D eigenvalue weighted by molar-refractivity contribution is 0.0240. The molecule has 0 atom stereocenters. The summed E-state index contributed by atoms with van der Waals surface area (Å²) >= 11 is 0. The Kier molecular flexibility index (Phi) is 7.93. The van der Waals surface area contributed by atoms with Crippen molar-refractivity contribution in [2.24, 2.45) is 0 Å². The molecule has 0 bridgehead atoms. The van der Waals surface area contributed by atoms with Crippen molar-refractivity contribution in [3.8, 4) is 17.4 Å². The van der Waals surface area contributed by atoms with Crippen LogP contribution in [0.15, 0.2) is 53.5 Å². The first-order valence-electron chi connectivity index (χ1n) is 13.8. The highest BCUT2D eigenvalue weighted by Gasteiger charge is 2.26. The van der Waals surface area contributed by atoms with Crippen LogP contribution in [-0.2, 0) is 4.74 Å². The van der Waals surface area contributed by atoms with E-state index in [-0.39, 0.29) is 11.7 Å². The monoisotopic (exact) mass is 572 g/mol. The van der Waals surface area contributed by atoms with E-state index < -0.39 is 5.60 Å². The highest BCUT2D eigenvalue weighted by atomic mass is 16.6. The number of piperazine rings is 1. The van der Waals surface area contributed by atoms with Gasteiger partial charge in [0.15, 0.2) is 0 Å². The van der Waals surface area contributed by atoms with Crippen LogP contribution >= 0.6 is 0 Å². The summed E-state index contributed by atoms with van der Waals surface area (Å²) in [5, 5.41) is 10.7. The van der Waals surface area contributed by atoms with Gasteiger partial charge in [-0.2, -0.15) is 10.1 Å². The molecular weight excluding hydrogens is 536 g/mol. The van der Waals surface area contributed by atoms with E-state index in [4.69, 9.17) is 14.2 Å². The summed E-state index contributed by atoms with van der Waals surface area (Å²) in [5.74, 6) is 1.89. The van der Waals surface area contributed by atoms with Crippen molar-refractivity contribution in [3.63, 3.8) is 0 Å². The van der Waals surface area contributed by atoms with E-state index in [1.54, 1.807) is 24.3 Å². The second-order valence-corrected chi connectivity index (χ2v) is 11.2. The van der Waals surface area contributed by atoms with Gasteiger partial charge in [-0.3, -0.25) is 4.79 Å². The molecule has 5 rings (SSSR count). The van der Waals surface area contributed by atoms with Gasteiger partial charge in [0, 0.05) is 49.4 Å². The summed E-state index contributed by atoms with van der Waals surface area (Å²) in [7, 11) is 1.59. The number of aromatic nitrogens is 3. The second-order valence-electron chi connectivity index (χ2n) is 11.2. The number of ether oxygens (including phenoxy) is 3. The van der Waals surface area contributed by atoms with Gasteiger partial charge in [-0.05, 0) is 63.9 Å². The Balaban J connectivity index is 1.40. The minimum atomic E-state index is -0.531. The number of carbonyl (C=O) groups is 1. The molecule has 0 saturated carbocycles. The van der Waals surface area contributed by atoms with Gasteiger partial charge in [0.1, 0.15) is 22.9 Å². The molecule has 2 aromatic heterocycles. The quantitative estimate of drug-likeness (QED) is 0.307. The molecule has 42 heavy (non-hydrogen) atoms. The van der Waals surface area contributed by atoms with E-state index in [2.05, 4.69) is 25.4 Å². The van der Waals surface area contributed by atoms with Gasteiger partial charge in [-0.25, -0.2) is 9.89 Å². The highest BCUT2D eigenvalue weighted by molar-refractivity contribution is 5.93. The van der Waals surface area contributed by atoms with Gasteiger partial charge < -0.3 is 29.3 Å². The highest BCUT2D eigenvalue weighted by Crippen LogP contribution is 2.35. The average Bonchev–Trinajstić information content (AvgIpc) is 2.95. The van der Waals surface area contributed by atoms with Gasteiger partial charge in [0.2, 0.25) is 5.88 Å². The summed E-state index contributed by atoms with van der Waals surface area (Å²) in [6, 6.07) is 13.3. The first-order valence-corrected chi connectivity index (χ1v) is 13.8. The van der Waals surface area contributed by atoms with Crippen molar-refractivity contribution in [1.82, 2.24) is 20.1 Å². The smallest absolute Gasteiger partial charge is 0.410 e. The predicted octanol–water partition coefficient (Wildman–Crippen LogP) is 5.54. The van der Waals surface area contributed by atoms with Gasteiger partial charge in [-0.15, -0.1) is 0 Å². The first kappa shape index (κ1) is 28.7. The van der Waals surface area contributed by atoms with Crippen molar-refractivity contribution in [2.75, 3.05) is 43.5 Å². The lowest BCUT2D eigenvalue weighted by Crippen LogP contribution is -2.50. The lowest BCUT2D eigenvalue weighted by atomic mass is 10.1. The number of amides is 1. The fourth-order valence-corrected chi connectivity index (χ4v) is 4.77. The standard InChI is InChI=1S/C31H36N6O5/c1-19-8-7-9-24(20(19)2)41-26-16-21-18-32-35-29(38)27(21)28(34-26)33-23-11-10-22(17-25(23)40-6)36-12-14-37(15-13-36)30(39)42-31(3,4)5/h7-11,16-18H,12-15H2,1-6H3,(H,33,34)(H,35,38). The molecule has 1 fully saturated rings. The maximum absolute atomic E-state index is 12.8. The Hall–Kier alpha value is -4.80. The van der Waals surface area contributed by atoms with Crippen LogP contribution in [0.25, 0.3) is 10.8 Å². The third-order valence-electron chi connectivity index (χ3n) is 7.13. The molecule has 11 heteroatoms. The molecule has 3 heterocycles. The number of H-pyrrole nitrogens is 1. The number of hydrogen-bond acceptors (Lipinski definition) is 9. The molecular formula is C31H36N6O5. The number of nitrogens with zero attached hydrogens (tertiary/aromatic N) is 4. The van der Waals surface area contributed by atoms with Crippen molar-refractivity contribution < 1.29 is 19.0 Å². The number of fused-ring (bicyclic) bond motifs is 1. The van der Waals surface area contributed by atoms with E-state index in [0.29, 0.717) is 65.8 Å². The molecule has 2 aromatic carbocycles. The van der Waals surface area contributed by atoms with Gasteiger partial charge in [0.05, 0.1) is 24.4 Å². The number of pyridine rings is 1. The van der Waals surface area contributed by atoms with Crippen LogP contribution in [-0.4, -0.2) is 65.1 Å². The van der Waals surface area contributed by atoms with Crippen LogP contribution in [0.2, 0.25) is 0 Å². The van der Waals surface area contributed by atoms with E-state index in [1.165, 1.54) is 0 Å². The zero-order chi connectivity index (χ0) is 30.0. The Morgan fingerprint density at radius 3 is 2.50 bits per heavy atom. The molecule has 0 radical (unpaired) electrons. The maximum atomic E-state index is 12.8. The molecule has 2 N–H and O–H groups in total. The molecule has 0 spiro atoms. The Bertz CT molecular complexity index is 1670. The molecule has 220 valence electrons. The fraction of sp³-hybridized carbons (Fsp3) is 0.355.